The second-order valence-corrected chi connectivity index (χ2v) is 5.62. The summed E-state index contributed by atoms with van der Waals surface area (Å²) >= 11 is 0. The minimum atomic E-state index is -4.18. The molecule has 1 aromatic rings. The first-order chi connectivity index (χ1) is 10.8. The molecule has 1 aliphatic heterocycles. The molecule has 1 fully saturated rings. The molecule has 0 saturated carbocycles. The molecule has 0 amide bonds. The molecule has 1 heterocycles. The van der Waals surface area contributed by atoms with Crippen LogP contribution in [0, 0.1) is 0 Å². The van der Waals surface area contributed by atoms with Crippen LogP contribution in [0.5, 0.6) is 5.75 Å². The Morgan fingerprint density at radius 3 is 2.65 bits per heavy atom. The van der Waals surface area contributed by atoms with Crippen molar-refractivity contribution in [2.45, 2.75) is 32.0 Å². The highest BCUT2D eigenvalue weighted by Gasteiger charge is 2.31. The highest BCUT2D eigenvalue weighted by Crippen LogP contribution is 2.33. The number of nitrogens with zero attached hydrogens (tertiary/aromatic N) is 1. The van der Waals surface area contributed by atoms with Crippen molar-refractivity contribution < 1.29 is 22.7 Å². The molecule has 1 aromatic carbocycles. The van der Waals surface area contributed by atoms with Crippen molar-refractivity contribution in [2.24, 2.45) is 0 Å². The molecular weight excluding hydrogens is 309 g/mol. The van der Waals surface area contributed by atoms with Gasteiger partial charge >= 0.3 is 12.1 Å². The van der Waals surface area contributed by atoms with Crippen molar-refractivity contribution >= 4 is 5.97 Å². The molecular formula is C16H21F3N2O2. The summed E-state index contributed by atoms with van der Waals surface area (Å²) in [5, 5.41) is 3.20. The second kappa shape index (κ2) is 7.79. The van der Waals surface area contributed by atoms with Crippen LogP contribution in [0.4, 0.5) is 13.2 Å². The Bertz CT molecular complexity index is 528. The first-order valence-corrected chi connectivity index (χ1v) is 7.65. The van der Waals surface area contributed by atoms with Gasteiger partial charge in [0, 0.05) is 45.6 Å². The van der Waals surface area contributed by atoms with Gasteiger partial charge in [-0.05, 0) is 24.1 Å². The van der Waals surface area contributed by atoms with Crippen LogP contribution in [0.15, 0.2) is 24.3 Å². The minimum absolute atomic E-state index is 0.00692. The molecule has 0 radical (unpaired) electrons. The van der Waals surface area contributed by atoms with Gasteiger partial charge in [-0.25, -0.2) is 0 Å². The largest absolute Gasteiger partial charge is 0.427 e. The van der Waals surface area contributed by atoms with E-state index in [0.717, 1.165) is 18.7 Å². The lowest BCUT2D eigenvalue weighted by atomic mass is 9.99. The molecule has 0 unspecified atom stereocenters. The molecule has 128 valence electrons. The number of nitrogens with one attached hydrogen (secondary N) is 1. The maximum absolute atomic E-state index is 12.6. The number of halogens is 3. The van der Waals surface area contributed by atoms with Gasteiger partial charge in [0.15, 0.2) is 0 Å². The van der Waals surface area contributed by atoms with Crippen LogP contribution in [-0.4, -0.2) is 43.2 Å². The highest BCUT2D eigenvalue weighted by atomic mass is 19.4. The molecule has 0 spiro atoms. The van der Waals surface area contributed by atoms with Crippen molar-refractivity contribution in [1.29, 1.82) is 0 Å². The van der Waals surface area contributed by atoms with Gasteiger partial charge in [0.2, 0.25) is 0 Å². The van der Waals surface area contributed by atoms with E-state index < -0.39 is 18.6 Å². The summed E-state index contributed by atoms with van der Waals surface area (Å²) in [4.78, 5) is 13.1. The van der Waals surface area contributed by atoms with Crippen molar-refractivity contribution in [3.8, 4) is 5.75 Å². The zero-order valence-electron chi connectivity index (χ0n) is 13.0. The van der Waals surface area contributed by atoms with E-state index in [-0.39, 0.29) is 12.5 Å². The molecule has 1 atom stereocenters. The minimum Gasteiger partial charge on any atom is -0.427 e. The smallest absolute Gasteiger partial charge is 0.389 e. The molecule has 1 aliphatic rings. The number of esters is 1. The number of carbonyl (C=O) groups is 1. The third-order valence-corrected chi connectivity index (χ3v) is 3.80. The number of rotatable bonds is 5. The average molecular weight is 330 g/mol. The van der Waals surface area contributed by atoms with Crippen LogP contribution in [0.3, 0.4) is 0 Å². The Balaban J connectivity index is 2.19. The lowest BCUT2D eigenvalue weighted by Gasteiger charge is -2.35. The molecule has 23 heavy (non-hydrogen) atoms. The molecule has 4 nitrogen and oxygen atoms in total. The van der Waals surface area contributed by atoms with Crippen LogP contribution in [-0.2, 0) is 4.79 Å². The summed E-state index contributed by atoms with van der Waals surface area (Å²) in [6.45, 7) is 4.20. The number of hydrogen-bond acceptors (Lipinski definition) is 4. The molecule has 1 N–H and O–H groups in total. The Labute approximate surface area is 133 Å². The summed E-state index contributed by atoms with van der Waals surface area (Å²) in [5.41, 5.74) is 0.745. The van der Waals surface area contributed by atoms with E-state index in [1.807, 2.05) is 0 Å². The fourth-order valence-corrected chi connectivity index (χ4v) is 2.81. The zero-order chi connectivity index (χ0) is 16.9. The number of benzene rings is 1. The van der Waals surface area contributed by atoms with Gasteiger partial charge in [-0.1, -0.05) is 12.1 Å². The van der Waals surface area contributed by atoms with Gasteiger partial charge in [0.05, 0.1) is 0 Å². The predicted octanol–water partition coefficient (Wildman–Crippen LogP) is 2.90. The Morgan fingerprint density at radius 1 is 1.35 bits per heavy atom. The van der Waals surface area contributed by atoms with Crippen LogP contribution >= 0.6 is 0 Å². The molecule has 0 aromatic heterocycles. The summed E-state index contributed by atoms with van der Waals surface area (Å²) in [6, 6.07) is 6.44. The van der Waals surface area contributed by atoms with Gasteiger partial charge in [0.25, 0.3) is 0 Å². The molecule has 1 saturated heterocycles. The first-order valence-electron chi connectivity index (χ1n) is 7.65. The fourth-order valence-electron chi connectivity index (χ4n) is 2.81. The zero-order valence-corrected chi connectivity index (χ0v) is 13.0. The monoisotopic (exact) mass is 330 g/mol. The maximum atomic E-state index is 12.6. The van der Waals surface area contributed by atoms with Gasteiger partial charge in [-0.15, -0.1) is 0 Å². The van der Waals surface area contributed by atoms with Crippen molar-refractivity contribution in [3.05, 3.63) is 29.8 Å². The Kier molecular flexibility index (Phi) is 6.01. The number of carbonyl (C=O) groups excluding carboxylic acids is 1. The van der Waals surface area contributed by atoms with Gasteiger partial charge in [0.1, 0.15) is 5.75 Å². The van der Waals surface area contributed by atoms with Crippen LogP contribution in [0.2, 0.25) is 0 Å². The Morgan fingerprint density at radius 2 is 2.04 bits per heavy atom. The summed E-state index contributed by atoms with van der Waals surface area (Å²) in [6.07, 6.45) is -5.02. The lowest BCUT2D eigenvalue weighted by molar-refractivity contribution is -0.138. The number of piperazine rings is 1. The Hall–Kier alpha value is -1.60. The summed E-state index contributed by atoms with van der Waals surface area (Å²) < 4.78 is 43.0. The van der Waals surface area contributed by atoms with E-state index in [9.17, 15) is 18.0 Å². The van der Waals surface area contributed by atoms with E-state index >= 15 is 0 Å². The first kappa shape index (κ1) is 17.7. The normalized spacial score (nSPS) is 17.7. The van der Waals surface area contributed by atoms with E-state index in [1.165, 1.54) is 6.92 Å². The van der Waals surface area contributed by atoms with Gasteiger partial charge < -0.3 is 10.1 Å². The maximum Gasteiger partial charge on any atom is 0.389 e. The topological polar surface area (TPSA) is 41.6 Å². The average Bonchev–Trinajstić information content (AvgIpc) is 2.47. The number of ether oxygens (including phenoxy) is 1. The highest BCUT2D eigenvalue weighted by molar-refractivity contribution is 5.69. The second-order valence-electron chi connectivity index (χ2n) is 5.62. The van der Waals surface area contributed by atoms with E-state index in [2.05, 4.69) is 10.2 Å². The van der Waals surface area contributed by atoms with Gasteiger partial charge in [-0.3, -0.25) is 9.69 Å². The predicted molar refractivity (Wildman–Crippen MR) is 80.2 cm³/mol. The van der Waals surface area contributed by atoms with E-state index in [0.29, 0.717) is 18.8 Å². The van der Waals surface area contributed by atoms with Crippen LogP contribution in [0.25, 0.3) is 0 Å². The number of alkyl halides is 3. The number of hydrogen-bond donors (Lipinski definition) is 1. The summed E-state index contributed by atoms with van der Waals surface area (Å²) in [7, 11) is 0. The van der Waals surface area contributed by atoms with Crippen molar-refractivity contribution in [1.82, 2.24) is 10.2 Å². The van der Waals surface area contributed by atoms with Crippen LogP contribution in [0.1, 0.15) is 31.4 Å². The quantitative estimate of drug-likeness (QED) is 0.666. The van der Waals surface area contributed by atoms with Crippen LogP contribution < -0.4 is 10.1 Å². The standard InChI is InChI=1S/C16H21F3N2O2/c1-12(22)23-14-4-2-3-13(11-14)15(5-6-16(17,18)19)21-9-7-20-8-10-21/h2-4,11,15,20H,5-10H2,1H3/t15-/m1/s1. The molecule has 0 bridgehead atoms. The molecule has 7 heteroatoms. The molecule has 2 rings (SSSR count). The van der Waals surface area contributed by atoms with E-state index in [4.69, 9.17) is 4.74 Å². The fraction of sp³-hybridized carbons (Fsp3) is 0.562. The lowest BCUT2D eigenvalue weighted by Crippen LogP contribution is -2.45. The van der Waals surface area contributed by atoms with Gasteiger partial charge in [-0.2, -0.15) is 13.2 Å². The summed E-state index contributed by atoms with van der Waals surface area (Å²) in [5.74, 6) is -0.0849. The van der Waals surface area contributed by atoms with Crippen molar-refractivity contribution in [3.63, 3.8) is 0 Å². The third kappa shape index (κ3) is 5.84. The van der Waals surface area contributed by atoms with E-state index in [1.54, 1.807) is 24.3 Å². The SMILES string of the molecule is CC(=O)Oc1cccc([C@@H](CCC(F)(F)F)N2CCNCC2)c1. The van der Waals surface area contributed by atoms with Crippen molar-refractivity contribution in [2.75, 3.05) is 26.2 Å². The third-order valence-electron chi connectivity index (χ3n) is 3.80. The molecule has 0 aliphatic carbocycles.